The van der Waals surface area contributed by atoms with Gasteiger partial charge in [0.15, 0.2) is 0 Å². The fraction of sp³-hybridized carbons (Fsp3) is 0.385. The van der Waals surface area contributed by atoms with Gasteiger partial charge in [0.25, 0.3) is 0 Å². The summed E-state index contributed by atoms with van der Waals surface area (Å²) in [6.45, 7) is 1.83. The molecular weight excluding hydrogens is 237 g/mol. The summed E-state index contributed by atoms with van der Waals surface area (Å²) in [5.41, 5.74) is 0.279. The van der Waals surface area contributed by atoms with Crippen molar-refractivity contribution in [1.29, 1.82) is 0 Å². The molecule has 1 atom stereocenters. The number of nitrogens with one attached hydrogen (secondary N) is 1. The molecule has 0 radical (unpaired) electrons. The van der Waals surface area contributed by atoms with E-state index in [1.807, 2.05) is 6.92 Å². The maximum absolute atomic E-state index is 13.4. The van der Waals surface area contributed by atoms with Crippen LogP contribution in [0, 0.1) is 5.82 Å². The molecular formula is C13H16FNO3. The van der Waals surface area contributed by atoms with Gasteiger partial charge in [-0.1, -0.05) is 25.1 Å². The molecule has 0 bridgehead atoms. The summed E-state index contributed by atoms with van der Waals surface area (Å²) in [7, 11) is 0. The Balaban J connectivity index is 2.72. The Kier molecular flexibility index (Phi) is 5.30. The molecule has 0 fully saturated rings. The Labute approximate surface area is 105 Å². The maximum Gasteiger partial charge on any atom is 0.326 e. The van der Waals surface area contributed by atoms with Crippen LogP contribution in [0.1, 0.15) is 25.3 Å². The Morgan fingerprint density at radius 3 is 2.61 bits per heavy atom. The Hall–Kier alpha value is -1.91. The molecule has 0 aliphatic rings. The van der Waals surface area contributed by atoms with Crippen molar-refractivity contribution in [3.05, 3.63) is 35.6 Å². The quantitative estimate of drug-likeness (QED) is 0.811. The smallest absolute Gasteiger partial charge is 0.326 e. The average molecular weight is 253 g/mol. The van der Waals surface area contributed by atoms with Crippen LogP contribution in [-0.4, -0.2) is 23.0 Å². The van der Waals surface area contributed by atoms with Crippen molar-refractivity contribution in [3.8, 4) is 0 Å². The van der Waals surface area contributed by atoms with Crippen LogP contribution in [0.3, 0.4) is 0 Å². The van der Waals surface area contributed by atoms with Crippen molar-refractivity contribution in [3.63, 3.8) is 0 Å². The van der Waals surface area contributed by atoms with Crippen molar-refractivity contribution in [1.82, 2.24) is 5.32 Å². The van der Waals surface area contributed by atoms with Crippen LogP contribution in [-0.2, 0) is 16.0 Å². The Bertz CT molecular complexity index is 434. The molecule has 5 heteroatoms. The topological polar surface area (TPSA) is 66.4 Å². The normalized spacial score (nSPS) is 11.9. The van der Waals surface area contributed by atoms with Gasteiger partial charge in [0, 0.05) is 12.8 Å². The molecule has 1 aromatic rings. The molecule has 4 nitrogen and oxygen atoms in total. The van der Waals surface area contributed by atoms with E-state index in [0.717, 1.165) is 0 Å². The minimum atomic E-state index is -1.16. The third-order valence-electron chi connectivity index (χ3n) is 2.49. The van der Waals surface area contributed by atoms with Crippen LogP contribution in [0.5, 0.6) is 0 Å². The number of halogens is 1. The summed E-state index contributed by atoms with van der Waals surface area (Å²) >= 11 is 0. The molecule has 1 rings (SSSR count). The molecule has 0 heterocycles. The number of benzene rings is 1. The molecule has 0 spiro atoms. The summed E-state index contributed by atoms with van der Waals surface area (Å²) in [6, 6.07) is 4.84. The minimum absolute atomic E-state index is 0.0581. The van der Waals surface area contributed by atoms with Gasteiger partial charge >= 0.3 is 5.97 Å². The molecule has 0 saturated heterocycles. The van der Waals surface area contributed by atoms with Gasteiger partial charge in [-0.2, -0.15) is 0 Å². The zero-order valence-corrected chi connectivity index (χ0v) is 10.1. The number of rotatable bonds is 6. The largest absolute Gasteiger partial charge is 0.480 e. The van der Waals surface area contributed by atoms with E-state index in [1.165, 1.54) is 18.2 Å². The van der Waals surface area contributed by atoms with E-state index in [4.69, 9.17) is 5.11 Å². The highest BCUT2D eigenvalue weighted by molar-refractivity contribution is 5.83. The molecule has 1 aromatic carbocycles. The molecule has 98 valence electrons. The van der Waals surface area contributed by atoms with Crippen molar-refractivity contribution >= 4 is 11.9 Å². The number of carbonyl (C=O) groups excluding carboxylic acids is 1. The predicted molar refractivity (Wildman–Crippen MR) is 64.6 cm³/mol. The van der Waals surface area contributed by atoms with Crippen molar-refractivity contribution in [2.45, 2.75) is 32.2 Å². The molecule has 1 unspecified atom stereocenters. The summed E-state index contributed by atoms with van der Waals surface area (Å²) in [6.07, 6.45) is 0.844. The first kappa shape index (κ1) is 14.2. The van der Waals surface area contributed by atoms with E-state index in [9.17, 15) is 14.0 Å². The first-order chi connectivity index (χ1) is 8.54. The zero-order chi connectivity index (χ0) is 13.5. The molecule has 1 amide bonds. The number of carbonyl (C=O) groups is 2. The zero-order valence-electron chi connectivity index (χ0n) is 10.1. The second kappa shape index (κ2) is 6.74. The Morgan fingerprint density at radius 1 is 1.39 bits per heavy atom. The molecule has 0 aliphatic carbocycles. The predicted octanol–water partition coefficient (Wildman–Crippen LogP) is 1.74. The van der Waals surface area contributed by atoms with E-state index >= 15 is 0 Å². The molecule has 2 N–H and O–H groups in total. The molecule has 0 aromatic heterocycles. The first-order valence-corrected chi connectivity index (χ1v) is 5.80. The van der Waals surface area contributed by atoms with E-state index < -0.39 is 17.8 Å². The van der Waals surface area contributed by atoms with Gasteiger partial charge in [0.2, 0.25) is 5.91 Å². The molecule has 18 heavy (non-hydrogen) atoms. The van der Waals surface area contributed by atoms with Crippen LogP contribution in [0.2, 0.25) is 0 Å². The van der Waals surface area contributed by atoms with E-state index in [1.54, 1.807) is 6.07 Å². The van der Waals surface area contributed by atoms with Crippen LogP contribution in [0.4, 0.5) is 4.39 Å². The summed E-state index contributed by atoms with van der Waals surface area (Å²) in [5, 5.41) is 11.4. The monoisotopic (exact) mass is 253 g/mol. The van der Waals surface area contributed by atoms with Gasteiger partial charge in [0.1, 0.15) is 11.9 Å². The fourth-order valence-electron chi connectivity index (χ4n) is 1.58. The van der Waals surface area contributed by atoms with E-state index in [0.29, 0.717) is 6.42 Å². The van der Waals surface area contributed by atoms with Crippen LogP contribution in [0.25, 0.3) is 0 Å². The standard InChI is InChI=1S/C13H16FNO3/c1-2-5-12(16)15-11(13(17)18)8-9-6-3-4-7-10(9)14/h3-4,6-7,11H,2,5,8H2,1H3,(H,15,16)(H,17,18). The van der Waals surface area contributed by atoms with Crippen LogP contribution >= 0.6 is 0 Å². The van der Waals surface area contributed by atoms with Crippen LogP contribution in [0.15, 0.2) is 24.3 Å². The fourth-order valence-corrected chi connectivity index (χ4v) is 1.58. The first-order valence-electron chi connectivity index (χ1n) is 5.80. The van der Waals surface area contributed by atoms with Crippen molar-refractivity contribution in [2.75, 3.05) is 0 Å². The maximum atomic E-state index is 13.4. The average Bonchev–Trinajstić information content (AvgIpc) is 2.31. The van der Waals surface area contributed by atoms with E-state index in [2.05, 4.69) is 5.32 Å². The summed E-state index contributed by atoms with van der Waals surface area (Å²) in [5.74, 6) is -1.96. The Morgan fingerprint density at radius 2 is 2.06 bits per heavy atom. The van der Waals surface area contributed by atoms with Gasteiger partial charge in [0.05, 0.1) is 0 Å². The summed E-state index contributed by atoms with van der Waals surface area (Å²) < 4.78 is 13.4. The third kappa shape index (κ3) is 4.16. The third-order valence-corrected chi connectivity index (χ3v) is 2.49. The molecule has 0 aliphatic heterocycles. The van der Waals surface area contributed by atoms with Gasteiger partial charge < -0.3 is 10.4 Å². The molecule has 0 saturated carbocycles. The van der Waals surface area contributed by atoms with Gasteiger partial charge in [-0.15, -0.1) is 0 Å². The van der Waals surface area contributed by atoms with Crippen molar-refractivity contribution < 1.29 is 19.1 Å². The van der Waals surface area contributed by atoms with Gasteiger partial charge in [-0.3, -0.25) is 4.79 Å². The highest BCUT2D eigenvalue weighted by Crippen LogP contribution is 2.09. The minimum Gasteiger partial charge on any atom is -0.480 e. The lowest BCUT2D eigenvalue weighted by Crippen LogP contribution is -2.42. The number of carboxylic acids is 1. The van der Waals surface area contributed by atoms with Gasteiger partial charge in [-0.05, 0) is 18.1 Å². The second-order valence-corrected chi connectivity index (χ2v) is 4.00. The van der Waals surface area contributed by atoms with Crippen LogP contribution < -0.4 is 5.32 Å². The lowest BCUT2D eigenvalue weighted by atomic mass is 10.1. The number of aliphatic carboxylic acids is 1. The SMILES string of the molecule is CCCC(=O)NC(Cc1ccccc1F)C(=O)O. The second-order valence-electron chi connectivity index (χ2n) is 4.00. The highest BCUT2D eigenvalue weighted by Gasteiger charge is 2.21. The number of amides is 1. The number of hydrogen-bond donors (Lipinski definition) is 2. The lowest BCUT2D eigenvalue weighted by molar-refractivity contribution is -0.141. The number of carboxylic acid groups (broad SMARTS) is 1. The highest BCUT2D eigenvalue weighted by atomic mass is 19.1. The van der Waals surface area contributed by atoms with E-state index in [-0.39, 0.29) is 24.3 Å². The summed E-state index contributed by atoms with van der Waals surface area (Å²) in [4.78, 5) is 22.4. The lowest BCUT2D eigenvalue weighted by Gasteiger charge is -2.14. The van der Waals surface area contributed by atoms with Gasteiger partial charge in [-0.25, -0.2) is 9.18 Å². The number of hydrogen-bond acceptors (Lipinski definition) is 2. The van der Waals surface area contributed by atoms with Crippen molar-refractivity contribution in [2.24, 2.45) is 0 Å².